The van der Waals surface area contributed by atoms with E-state index in [1.54, 1.807) is 0 Å². The minimum absolute atomic E-state index is 0.482. The van der Waals surface area contributed by atoms with E-state index in [0.29, 0.717) is 5.92 Å². The van der Waals surface area contributed by atoms with Crippen LogP contribution in [0.4, 0.5) is 0 Å². The molecule has 1 atom stereocenters. The van der Waals surface area contributed by atoms with E-state index in [1.807, 2.05) is 0 Å². The van der Waals surface area contributed by atoms with Gasteiger partial charge in [0.15, 0.2) is 0 Å². The normalized spacial score (nSPS) is 12.9. The Kier molecular flexibility index (Phi) is 4.63. The molecule has 1 aromatic rings. The third-order valence-electron chi connectivity index (χ3n) is 2.69. The molecule has 0 saturated heterocycles. The van der Waals surface area contributed by atoms with E-state index in [-0.39, 0.29) is 0 Å². The molecule has 2 N–H and O–H groups in total. The first-order valence-electron chi connectivity index (χ1n) is 5.21. The number of halogens is 1. The molecule has 0 heterocycles. The molecule has 0 amide bonds. The van der Waals surface area contributed by atoms with Crippen molar-refractivity contribution in [1.82, 2.24) is 0 Å². The second-order valence-corrected chi connectivity index (χ2v) is 4.40. The fourth-order valence-electron chi connectivity index (χ4n) is 1.64. The zero-order chi connectivity index (χ0) is 10.6. The summed E-state index contributed by atoms with van der Waals surface area (Å²) < 4.78 is 1.20. The van der Waals surface area contributed by atoms with Crippen LogP contribution in [0.15, 0.2) is 22.7 Å². The third kappa shape index (κ3) is 2.58. The molecule has 14 heavy (non-hydrogen) atoms. The minimum Gasteiger partial charge on any atom is -0.330 e. The van der Waals surface area contributed by atoms with Gasteiger partial charge in [-0.25, -0.2) is 0 Å². The van der Waals surface area contributed by atoms with Gasteiger partial charge in [0.25, 0.3) is 0 Å². The van der Waals surface area contributed by atoms with Crippen LogP contribution in [0.3, 0.4) is 0 Å². The Labute approximate surface area is 94.8 Å². The Morgan fingerprint density at radius 3 is 2.50 bits per heavy atom. The highest BCUT2D eigenvalue weighted by molar-refractivity contribution is 9.10. The number of hydrogen-bond donors (Lipinski definition) is 1. The molecule has 78 valence electrons. The van der Waals surface area contributed by atoms with Crippen molar-refractivity contribution in [2.75, 3.05) is 6.54 Å². The molecule has 0 aliphatic rings. The lowest BCUT2D eigenvalue weighted by Crippen LogP contribution is -2.12. The SMILES string of the molecule is CCc1ccc(C(CC)CN)c(Br)c1. The fourth-order valence-corrected chi connectivity index (χ4v) is 2.39. The Bertz CT molecular complexity index is 292. The van der Waals surface area contributed by atoms with Gasteiger partial charge in [-0.1, -0.05) is 41.9 Å². The van der Waals surface area contributed by atoms with Crippen molar-refractivity contribution in [3.05, 3.63) is 33.8 Å². The summed E-state index contributed by atoms with van der Waals surface area (Å²) >= 11 is 3.61. The number of nitrogens with two attached hydrogens (primary N) is 1. The molecular weight excluding hydrogens is 238 g/mol. The van der Waals surface area contributed by atoms with Gasteiger partial charge in [-0.2, -0.15) is 0 Å². The third-order valence-corrected chi connectivity index (χ3v) is 3.38. The van der Waals surface area contributed by atoms with Crippen molar-refractivity contribution < 1.29 is 0 Å². The van der Waals surface area contributed by atoms with Gasteiger partial charge in [0, 0.05) is 4.47 Å². The smallest absolute Gasteiger partial charge is 0.0213 e. The highest BCUT2D eigenvalue weighted by atomic mass is 79.9. The summed E-state index contributed by atoms with van der Waals surface area (Å²) in [5.74, 6) is 0.482. The van der Waals surface area contributed by atoms with E-state index >= 15 is 0 Å². The van der Waals surface area contributed by atoms with E-state index in [1.165, 1.54) is 15.6 Å². The van der Waals surface area contributed by atoms with Crippen LogP contribution >= 0.6 is 15.9 Å². The van der Waals surface area contributed by atoms with E-state index < -0.39 is 0 Å². The predicted molar refractivity (Wildman–Crippen MR) is 65.6 cm³/mol. The average molecular weight is 256 g/mol. The van der Waals surface area contributed by atoms with Gasteiger partial charge in [0.2, 0.25) is 0 Å². The minimum atomic E-state index is 0.482. The van der Waals surface area contributed by atoms with Gasteiger partial charge >= 0.3 is 0 Å². The van der Waals surface area contributed by atoms with Gasteiger partial charge in [0.1, 0.15) is 0 Å². The maximum Gasteiger partial charge on any atom is 0.0213 e. The van der Waals surface area contributed by atoms with Gasteiger partial charge < -0.3 is 5.73 Å². The lowest BCUT2D eigenvalue weighted by molar-refractivity contribution is 0.671. The molecule has 0 aliphatic carbocycles. The zero-order valence-electron chi connectivity index (χ0n) is 8.89. The first-order valence-corrected chi connectivity index (χ1v) is 6.00. The summed E-state index contributed by atoms with van der Waals surface area (Å²) in [7, 11) is 0. The van der Waals surface area contributed by atoms with Gasteiger partial charge in [-0.3, -0.25) is 0 Å². The number of hydrogen-bond acceptors (Lipinski definition) is 1. The Morgan fingerprint density at radius 2 is 2.07 bits per heavy atom. The van der Waals surface area contributed by atoms with Gasteiger partial charge in [-0.05, 0) is 42.5 Å². The monoisotopic (exact) mass is 255 g/mol. The molecule has 1 aromatic carbocycles. The quantitative estimate of drug-likeness (QED) is 0.877. The second kappa shape index (κ2) is 5.52. The topological polar surface area (TPSA) is 26.0 Å². The summed E-state index contributed by atoms with van der Waals surface area (Å²) in [5, 5.41) is 0. The first-order chi connectivity index (χ1) is 6.72. The molecule has 2 heteroatoms. The van der Waals surface area contributed by atoms with E-state index in [0.717, 1.165) is 19.4 Å². The lowest BCUT2D eigenvalue weighted by Gasteiger charge is -2.15. The van der Waals surface area contributed by atoms with Crippen molar-refractivity contribution in [3.63, 3.8) is 0 Å². The summed E-state index contributed by atoms with van der Waals surface area (Å²) in [5.41, 5.74) is 8.44. The second-order valence-electron chi connectivity index (χ2n) is 3.55. The predicted octanol–water partition coefficient (Wildman–Crippen LogP) is 3.46. The zero-order valence-corrected chi connectivity index (χ0v) is 10.5. The maximum absolute atomic E-state index is 5.73. The molecular formula is C12H18BrN. The molecule has 1 unspecified atom stereocenters. The standard InChI is InChI=1S/C12H18BrN/c1-3-9-5-6-11(12(13)7-9)10(4-2)8-14/h5-7,10H,3-4,8,14H2,1-2H3. The molecule has 1 rings (SSSR count). The summed E-state index contributed by atoms with van der Waals surface area (Å²) in [6.07, 6.45) is 2.18. The van der Waals surface area contributed by atoms with E-state index in [2.05, 4.69) is 48.0 Å². The molecule has 0 saturated carbocycles. The van der Waals surface area contributed by atoms with Crippen LogP contribution in [0.2, 0.25) is 0 Å². The van der Waals surface area contributed by atoms with Gasteiger partial charge in [0.05, 0.1) is 0 Å². The number of benzene rings is 1. The van der Waals surface area contributed by atoms with E-state index in [9.17, 15) is 0 Å². The van der Waals surface area contributed by atoms with Crippen LogP contribution < -0.4 is 5.73 Å². The molecule has 0 aliphatic heterocycles. The molecule has 0 aromatic heterocycles. The largest absolute Gasteiger partial charge is 0.330 e. The van der Waals surface area contributed by atoms with Crippen LogP contribution in [-0.2, 0) is 6.42 Å². The van der Waals surface area contributed by atoms with Crippen LogP contribution in [0.5, 0.6) is 0 Å². The first kappa shape index (κ1) is 11.7. The molecule has 0 bridgehead atoms. The number of rotatable bonds is 4. The van der Waals surface area contributed by atoms with Crippen LogP contribution in [-0.4, -0.2) is 6.54 Å². The Morgan fingerprint density at radius 1 is 1.36 bits per heavy atom. The van der Waals surface area contributed by atoms with Crippen LogP contribution in [0.25, 0.3) is 0 Å². The van der Waals surface area contributed by atoms with Crippen molar-refractivity contribution in [2.24, 2.45) is 5.73 Å². The lowest BCUT2D eigenvalue weighted by atomic mass is 9.95. The average Bonchev–Trinajstić information content (AvgIpc) is 2.22. The van der Waals surface area contributed by atoms with Crippen molar-refractivity contribution in [1.29, 1.82) is 0 Å². The van der Waals surface area contributed by atoms with Crippen molar-refractivity contribution >= 4 is 15.9 Å². The number of aryl methyl sites for hydroxylation is 1. The fraction of sp³-hybridized carbons (Fsp3) is 0.500. The summed E-state index contributed by atoms with van der Waals surface area (Å²) in [4.78, 5) is 0. The van der Waals surface area contributed by atoms with E-state index in [4.69, 9.17) is 5.73 Å². The van der Waals surface area contributed by atoms with Crippen LogP contribution in [0.1, 0.15) is 37.3 Å². The van der Waals surface area contributed by atoms with Crippen molar-refractivity contribution in [3.8, 4) is 0 Å². The Balaban J connectivity index is 2.98. The molecule has 0 radical (unpaired) electrons. The summed E-state index contributed by atoms with van der Waals surface area (Å²) in [6, 6.07) is 6.59. The summed E-state index contributed by atoms with van der Waals surface area (Å²) in [6.45, 7) is 5.07. The highest BCUT2D eigenvalue weighted by Crippen LogP contribution is 2.27. The maximum atomic E-state index is 5.73. The van der Waals surface area contributed by atoms with Crippen molar-refractivity contribution in [2.45, 2.75) is 32.6 Å². The Hall–Kier alpha value is -0.340. The molecule has 1 nitrogen and oxygen atoms in total. The molecule has 0 fully saturated rings. The highest BCUT2D eigenvalue weighted by Gasteiger charge is 2.10. The molecule has 0 spiro atoms. The van der Waals surface area contributed by atoms with Crippen LogP contribution in [0, 0.1) is 0 Å². The van der Waals surface area contributed by atoms with Gasteiger partial charge in [-0.15, -0.1) is 0 Å².